The number of anilines is 1. The molecule has 1 fully saturated rings. The molecular weight excluding hydrogens is 266 g/mol. The van der Waals surface area contributed by atoms with Gasteiger partial charge in [-0.1, -0.05) is 11.6 Å². The summed E-state index contributed by atoms with van der Waals surface area (Å²) in [5.74, 6) is 0.482. The first-order valence-corrected chi connectivity index (χ1v) is 6.71. The number of rotatable bonds is 1. The monoisotopic (exact) mass is 281 g/mol. The Kier molecular flexibility index (Phi) is 3.24. The van der Waals surface area contributed by atoms with E-state index in [1.807, 2.05) is 6.07 Å². The summed E-state index contributed by atoms with van der Waals surface area (Å²) in [6.07, 6.45) is 0. The fourth-order valence-electron chi connectivity index (χ4n) is 2.40. The number of nitrogens with one attached hydrogen (secondary N) is 1. The average Bonchev–Trinajstić information content (AvgIpc) is 2.40. The first-order chi connectivity index (χ1) is 9.15. The highest BCUT2D eigenvalue weighted by Crippen LogP contribution is 2.35. The smallest absolute Gasteiger partial charge is 0.257 e. The number of amides is 1. The van der Waals surface area contributed by atoms with Crippen LogP contribution in [-0.2, 0) is 0 Å². The van der Waals surface area contributed by atoms with Crippen molar-refractivity contribution in [2.45, 2.75) is 0 Å². The van der Waals surface area contributed by atoms with Crippen molar-refractivity contribution in [3.8, 4) is 5.75 Å². The van der Waals surface area contributed by atoms with Crippen LogP contribution in [0.2, 0.25) is 5.02 Å². The van der Waals surface area contributed by atoms with Crippen LogP contribution in [-0.4, -0.2) is 50.8 Å². The van der Waals surface area contributed by atoms with E-state index in [0.717, 1.165) is 31.9 Å². The summed E-state index contributed by atoms with van der Waals surface area (Å²) >= 11 is 6.31. The van der Waals surface area contributed by atoms with Crippen LogP contribution >= 0.6 is 11.6 Å². The lowest BCUT2D eigenvalue weighted by Crippen LogP contribution is -2.44. The second-order valence-electron chi connectivity index (χ2n) is 4.88. The molecule has 5 nitrogen and oxygen atoms in total. The largest absolute Gasteiger partial charge is 0.472 e. The Labute approximate surface area is 117 Å². The summed E-state index contributed by atoms with van der Waals surface area (Å²) < 4.78 is 5.47. The highest BCUT2D eigenvalue weighted by atomic mass is 35.5. The molecule has 0 atom stereocenters. The molecule has 1 aromatic carbocycles. The topological polar surface area (TPSA) is 44.8 Å². The second-order valence-corrected chi connectivity index (χ2v) is 5.29. The van der Waals surface area contributed by atoms with Gasteiger partial charge in [0.2, 0.25) is 0 Å². The van der Waals surface area contributed by atoms with Gasteiger partial charge < -0.3 is 19.9 Å². The van der Waals surface area contributed by atoms with Crippen LogP contribution in [0.1, 0.15) is 10.4 Å². The number of hydrogen-bond donors (Lipinski definition) is 1. The molecule has 0 radical (unpaired) electrons. The van der Waals surface area contributed by atoms with Gasteiger partial charge >= 0.3 is 0 Å². The molecule has 0 unspecified atom stereocenters. The van der Waals surface area contributed by atoms with Crippen LogP contribution in [0.25, 0.3) is 0 Å². The molecule has 1 N–H and O–H groups in total. The Hall–Kier alpha value is -1.46. The van der Waals surface area contributed by atoms with E-state index < -0.39 is 0 Å². The fraction of sp³-hybridized carbons (Fsp3) is 0.462. The summed E-state index contributed by atoms with van der Waals surface area (Å²) in [7, 11) is 2.11. The molecular formula is C13H16ClN3O2. The highest BCUT2D eigenvalue weighted by molar-refractivity contribution is 6.33. The minimum Gasteiger partial charge on any atom is -0.472 e. The number of halogens is 1. The van der Waals surface area contributed by atoms with Gasteiger partial charge in [-0.2, -0.15) is 0 Å². The van der Waals surface area contributed by atoms with Crippen molar-refractivity contribution in [2.24, 2.45) is 0 Å². The van der Waals surface area contributed by atoms with Crippen molar-refractivity contribution in [2.75, 3.05) is 44.9 Å². The number of carbonyl (C=O) groups is 1. The number of likely N-dealkylation sites (N-methyl/N-ethyl adjacent to an activating group) is 1. The van der Waals surface area contributed by atoms with E-state index in [2.05, 4.69) is 22.2 Å². The van der Waals surface area contributed by atoms with Crippen LogP contribution in [0.3, 0.4) is 0 Å². The minimum atomic E-state index is -0.131. The predicted octanol–water partition coefficient (Wildman–Crippen LogP) is 1.17. The summed E-state index contributed by atoms with van der Waals surface area (Å²) in [6.45, 7) is 4.10. The normalized spacial score (nSPS) is 19.7. The van der Waals surface area contributed by atoms with Gasteiger partial charge in [0, 0.05) is 32.2 Å². The maximum Gasteiger partial charge on any atom is 0.257 e. The highest BCUT2D eigenvalue weighted by Gasteiger charge is 2.23. The molecule has 0 aliphatic carbocycles. The number of benzene rings is 1. The zero-order valence-electron chi connectivity index (χ0n) is 10.8. The number of nitrogens with zero attached hydrogens (tertiary/aromatic N) is 2. The number of ether oxygens (including phenoxy) is 1. The molecule has 0 bridgehead atoms. The van der Waals surface area contributed by atoms with Gasteiger partial charge in [-0.15, -0.1) is 0 Å². The Morgan fingerprint density at radius 3 is 2.74 bits per heavy atom. The van der Waals surface area contributed by atoms with Crippen LogP contribution in [0.4, 0.5) is 5.69 Å². The standard InChI is InChI=1S/C13H16ClN3O2/c1-16-2-4-17(5-3-16)11-7-12-9(6-10(11)14)13(18)15-8-19-12/h6-7H,2-5,8H2,1H3,(H,15,18). The van der Waals surface area contributed by atoms with Crippen molar-refractivity contribution in [1.29, 1.82) is 0 Å². The summed E-state index contributed by atoms with van der Waals surface area (Å²) in [5.41, 5.74) is 1.46. The molecule has 6 heteroatoms. The molecule has 19 heavy (non-hydrogen) atoms. The zero-order valence-corrected chi connectivity index (χ0v) is 11.5. The van der Waals surface area contributed by atoms with E-state index in [1.54, 1.807) is 6.07 Å². The average molecular weight is 282 g/mol. The summed E-state index contributed by atoms with van der Waals surface area (Å²) in [5, 5.41) is 3.23. The molecule has 2 aliphatic heterocycles. The lowest BCUT2D eigenvalue weighted by Gasteiger charge is -2.35. The molecule has 1 aromatic rings. The van der Waals surface area contributed by atoms with Gasteiger partial charge in [0.25, 0.3) is 5.91 Å². The molecule has 0 spiro atoms. The summed E-state index contributed by atoms with van der Waals surface area (Å²) in [6, 6.07) is 3.57. The van der Waals surface area contributed by atoms with Gasteiger partial charge in [-0.05, 0) is 13.1 Å². The van der Waals surface area contributed by atoms with Crippen LogP contribution in [0, 0.1) is 0 Å². The lowest BCUT2D eigenvalue weighted by atomic mass is 10.1. The Morgan fingerprint density at radius 2 is 2.00 bits per heavy atom. The van der Waals surface area contributed by atoms with Crippen molar-refractivity contribution in [3.63, 3.8) is 0 Å². The SMILES string of the molecule is CN1CCN(c2cc3c(cc2Cl)C(=O)NCO3)CC1. The van der Waals surface area contributed by atoms with Gasteiger partial charge in [0.05, 0.1) is 16.3 Å². The van der Waals surface area contributed by atoms with Gasteiger partial charge in [0.15, 0.2) is 6.73 Å². The molecule has 3 rings (SSSR count). The van der Waals surface area contributed by atoms with E-state index in [-0.39, 0.29) is 12.6 Å². The third-order valence-corrected chi connectivity index (χ3v) is 3.90. The van der Waals surface area contributed by atoms with E-state index in [9.17, 15) is 4.79 Å². The molecule has 1 amide bonds. The first-order valence-electron chi connectivity index (χ1n) is 6.33. The number of fused-ring (bicyclic) bond motifs is 1. The molecule has 2 aliphatic rings. The van der Waals surface area contributed by atoms with E-state index in [4.69, 9.17) is 16.3 Å². The lowest BCUT2D eigenvalue weighted by molar-refractivity contribution is 0.0883. The second kappa shape index (κ2) is 4.90. The predicted molar refractivity (Wildman–Crippen MR) is 74.1 cm³/mol. The van der Waals surface area contributed by atoms with Crippen molar-refractivity contribution < 1.29 is 9.53 Å². The number of hydrogen-bond acceptors (Lipinski definition) is 4. The van der Waals surface area contributed by atoms with Crippen LogP contribution in [0.5, 0.6) is 5.75 Å². The third-order valence-electron chi connectivity index (χ3n) is 3.60. The third kappa shape index (κ3) is 2.35. The minimum absolute atomic E-state index is 0.131. The number of carbonyl (C=O) groups excluding carboxylic acids is 1. The maximum atomic E-state index is 11.7. The Balaban J connectivity index is 1.92. The van der Waals surface area contributed by atoms with Gasteiger partial charge in [-0.25, -0.2) is 0 Å². The van der Waals surface area contributed by atoms with Gasteiger partial charge in [0.1, 0.15) is 5.75 Å². The zero-order chi connectivity index (χ0) is 13.4. The molecule has 1 saturated heterocycles. The number of piperazine rings is 1. The van der Waals surface area contributed by atoms with Crippen molar-refractivity contribution in [1.82, 2.24) is 10.2 Å². The van der Waals surface area contributed by atoms with E-state index >= 15 is 0 Å². The quantitative estimate of drug-likeness (QED) is 0.839. The Bertz CT molecular complexity index is 513. The van der Waals surface area contributed by atoms with E-state index in [1.165, 1.54) is 0 Å². The summed E-state index contributed by atoms with van der Waals surface area (Å²) in [4.78, 5) is 16.2. The van der Waals surface area contributed by atoms with Crippen molar-refractivity contribution in [3.05, 3.63) is 22.7 Å². The first kappa shape index (κ1) is 12.6. The van der Waals surface area contributed by atoms with Gasteiger partial charge in [-0.3, -0.25) is 4.79 Å². The van der Waals surface area contributed by atoms with E-state index in [0.29, 0.717) is 16.3 Å². The Morgan fingerprint density at radius 1 is 1.26 bits per heavy atom. The molecule has 2 heterocycles. The molecule has 0 aromatic heterocycles. The molecule has 102 valence electrons. The molecule has 0 saturated carbocycles. The maximum absolute atomic E-state index is 11.7. The van der Waals surface area contributed by atoms with Crippen molar-refractivity contribution >= 4 is 23.2 Å². The van der Waals surface area contributed by atoms with Crippen LogP contribution in [0.15, 0.2) is 12.1 Å². The van der Waals surface area contributed by atoms with Crippen LogP contribution < -0.4 is 15.0 Å². The fourth-order valence-corrected chi connectivity index (χ4v) is 2.69.